The predicted octanol–water partition coefficient (Wildman–Crippen LogP) is 6.08. The van der Waals surface area contributed by atoms with E-state index < -0.39 is 0 Å². The Hall–Kier alpha value is -2.09. The average Bonchev–Trinajstić information content (AvgIpc) is 2.69. The maximum Gasteiger partial charge on any atom is 0.337 e. The van der Waals surface area contributed by atoms with Crippen LogP contribution in [0.4, 0.5) is 5.95 Å². The number of carbonyl (C=O) groups is 1. The Morgan fingerprint density at radius 3 is 2.50 bits per heavy atom. The summed E-state index contributed by atoms with van der Waals surface area (Å²) in [4.78, 5) is 21.4. The van der Waals surface area contributed by atoms with Crippen LogP contribution in [0, 0.1) is 13.8 Å². The minimum atomic E-state index is -0.386. The minimum Gasteiger partial charge on any atom is -0.465 e. The molecule has 1 aromatic heterocycles. The first kappa shape index (κ1) is 20.6. The molecule has 0 aliphatic carbocycles. The highest BCUT2D eigenvalue weighted by Crippen LogP contribution is 2.36. The van der Waals surface area contributed by atoms with Crippen LogP contribution in [-0.2, 0) is 4.74 Å². The zero-order chi connectivity index (χ0) is 20.3. The van der Waals surface area contributed by atoms with E-state index in [2.05, 4.69) is 30.6 Å². The first-order valence-electron chi connectivity index (χ1n) is 8.31. The molecule has 3 rings (SSSR count). The molecule has 2 aromatic carbocycles. The SMILES string of the molecule is COC(=O)c1cccc(SNc2nc(Cl)c(Br)c(-c3c(C)cccc3C)n2)c1. The van der Waals surface area contributed by atoms with Crippen LogP contribution in [-0.4, -0.2) is 23.0 Å². The molecular formula is C20H17BrClN3O2S. The molecular weight excluding hydrogens is 462 g/mol. The lowest BCUT2D eigenvalue weighted by molar-refractivity contribution is 0.0600. The fourth-order valence-corrected chi connectivity index (χ4v) is 3.91. The number of nitrogens with one attached hydrogen (secondary N) is 1. The first-order chi connectivity index (χ1) is 13.4. The molecule has 5 nitrogen and oxygen atoms in total. The maximum absolute atomic E-state index is 11.7. The molecule has 0 aliphatic rings. The highest BCUT2D eigenvalue weighted by molar-refractivity contribution is 9.10. The molecule has 0 radical (unpaired) electrons. The van der Waals surface area contributed by atoms with Gasteiger partial charge in [-0.1, -0.05) is 35.9 Å². The Morgan fingerprint density at radius 1 is 1.14 bits per heavy atom. The van der Waals surface area contributed by atoms with Crippen LogP contribution in [0.1, 0.15) is 21.5 Å². The van der Waals surface area contributed by atoms with E-state index >= 15 is 0 Å². The van der Waals surface area contributed by atoms with Gasteiger partial charge >= 0.3 is 5.97 Å². The van der Waals surface area contributed by atoms with E-state index in [4.69, 9.17) is 16.3 Å². The van der Waals surface area contributed by atoms with Crippen molar-refractivity contribution in [2.75, 3.05) is 11.8 Å². The normalized spacial score (nSPS) is 10.6. The molecule has 3 aromatic rings. The molecule has 0 saturated carbocycles. The summed E-state index contributed by atoms with van der Waals surface area (Å²) in [5.74, 6) is -0.0120. The number of nitrogens with zero attached hydrogens (tertiary/aromatic N) is 2. The van der Waals surface area contributed by atoms with Crippen LogP contribution in [0.3, 0.4) is 0 Å². The number of rotatable bonds is 5. The first-order valence-corrected chi connectivity index (χ1v) is 10.3. The van der Waals surface area contributed by atoms with Crippen LogP contribution in [0.5, 0.6) is 0 Å². The van der Waals surface area contributed by atoms with Crippen molar-refractivity contribution in [2.24, 2.45) is 0 Å². The highest BCUT2D eigenvalue weighted by Gasteiger charge is 2.16. The molecule has 1 N–H and O–H groups in total. The molecule has 0 amide bonds. The number of methoxy groups -OCH3 is 1. The van der Waals surface area contributed by atoms with E-state index in [0.717, 1.165) is 27.3 Å². The van der Waals surface area contributed by atoms with Gasteiger partial charge in [-0.15, -0.1) is 0 Å². The van der Waals surface area contributed by atoms with Crippen molar-refractivity contribution in [1.29, 1.82) is 0 Å². The average molecular weight is 479 g/mol. The summed E-state index contributed by atoms with van der Waals surface area (Å²) in [5.41, 5.74) is 4.40. The third-order valence-electron chi connectivity index (χ3n) is 4.04. The lowest BCUT2D eigenvalue weighted by Gasteiger charge is -2.13. The highest BCUT2D eigenvalue weighted by atomic mass is 79.9. The van der Waals surface area contributed by atoms with Gasteiger partial charge in [0.15, 0.2) is 0 Å². The number of esters is 1. The largest absolute Gasteiger partial charge is 0.465 e. The molecule has 1 heterocycles. The molecule has 28 heavy (non-hydrogen) atoms. The van der Waals surface area contributed by atoms with Gasteiger partial charge in [-0.25, -0.2) is 9.78 Å². The Bertz CT molecular complexity index is 1030. The zero-order valence-corrected chi connectivity index (χ0v) is 18.6. The summed E-state index contributed by atoms with van der Waals surface area (Å²) in [5, 5.41) is 0.319. The topological polar surface area (TPSA) is 64.1 Å². The number of anilines is 1. The van der Waals surface area contributed by atoms with E-state index in [1.165, 1.54) is 19.1 Å². The maximum atomic E-state index is 11.7. The van der Waals surface area contributed by atoms with E-state index in [9.17, 15) is 4.79 Å². The molecule has 0 atom stereocenters. The van der Waals surface area contributed by atoms with E-state index in [1.807, 2.05) is 38.1 Å². The van der Waals surface area contributed by atoms with E-state index in [-0.39, 0.29) is 5.97 Å². The van der Waals surface area contributed by atoms with Crippen molar-refractivity contribution in [3.63, 3.8) is 0 Å². The molecule has 0 aliphatic heterocycles. The van der Waals surface area contributed by atoms with E-state index in [0.29, 0.717) is 21.1 Å². The number of aromatic nitrogens is 2. The van der Waals surface area contributed by atoms with Crippen molar-refractivity contribution < 1.29 is 9.53 Å². The summed E-state index contributed by atoms with van der Waals surface area (Å²) >= 11 is 11.1. The summed E-state index contributed by atoms with van der Waals surface area (Å²) in [6.07, 6.45) is 0. The third-order valence-corrected chi connectivity index (χ3v) is 6.07. The zero-order valence-electron chi connectivity index (χ0n) is 15.4. The number of benzene rings is 2. The van der Waals surface area contributed by atoms with Gasteiger partial charge in [-0.2, -0.15) is 4.98 Å². The lowest BCUT2D eigenvalue weighted by Crippen LogP contribution is -2.02. The van der Waals surface area contributed by atoms with Gasteiger partial charge in [0.05, 0.1) is 22.8 Å². The van der Waals surface area contributed by atoms with Gasteiger partial charge in [0, 0.05) is 10.5 Å². The van der Waals surface area contributed by atoms with Crippen LogP contribution >= 0.6 is 39.5 Å². The van der Waals surface area contributed by atoms with Crippen LogP contribution in [0.2, 0.25) is 5.15 Å². The van der Waals surface area contributed by atoms with Crippen LogP contribution in [0.15, 0.2) is 51.8 Å². The standard InChI is InChI=1S/C20H17BrClN3O2S/c1-11-6-4-7-12(2)15(11)17-16(21)18(22)24-20(23-17)25-28-14-9-5-8-13(10-14)19(26)27-3/h4-10H,1-3H3,(H,23,24,25). The molecule has 0 bridgehead atoms. The van der Waals surface area contributed by atoms with Gasteiger partial charge in [-0.3, -0.25) is 4.72 Å². The summed E-state index contributed by atoms with van der Waals surface area (Å²) < 4.78 is 8.50. The molecule has 0 unspecified atom stereocenters. The molecule has 0 spiro atoms. The second-order valence-corrected chi connectivity index (χ2v) is 8.02. The smallest absolute Gasteiger partial charge is 0.337 e. The number of hydrogen-bond donors (Lipinski definition) is 1. The van der Waals surface area contributed by atoms with Gasteiger partial charge < -0.3 is 4.74 Å². The van der Waals surface area contributed by atoms with Crippen molar-refractivity contribution in [1.82, 2.24) is 9.97 Å². The van der Waals surface area contributed by atoms with Gasteiger partial charge in [-0.05, 0) is 71.1 Å². The molecule has 0 saturated heterocycles. The number of ether oxygens (including phenoxy) is 1. The lowest BCUT2D eigenvalue weighted by atomic mass is 10.00. The Morgan fingerprint density at radius 2 is 1.82 bits per heavy atom. The predicted molar refractivity (Wildman–Crippen MR) is 117 cm³/mol. The monoisotopic (exact) mass is 477 g/mol. The number of carbonyl (C=O) groups excluding carboxylic acids is 1. The van der Waals surface area contributed by atoms with E-state index in [1.54, 1.807) is 18.2 Å². The molecule has 144 valence electrons. The van der Waals surface area contributed by atoms with Crippen LogP contribution in [0.25, 0.3) is 11.3 Å². The Balaban J connectivity index is 1.90. The van der Waals surface area contributed by atoms with Crippen molar-refractivity contribution >= 4 is 51.4 Å². The van der Waals surface area contributed by atoms with Crippen molar-refractivity contribution in [3.05, 3.63) is 68.8 Å². The Labute approximate surface area is 181 Å². The quantitative estimate of drug-likeness (QED) is 0.272. The van der Waals surface area contributed by atoms with Crippen molar-refractivity contribution in [3.8, 4) is 11.3 Å². The van der Waals surface area contributed by atoms with Crippen molar-refractivity contribution in [2.45, 2.75) is 18.7 Å². The fraction of sp³-hybridized carbons (Fsp3) is 0.150. The van der Waals surface area contributed by atoms with Gasteiger partial charge in [0.25, 0.3) is 0 Å². The molecule has 0 fully saturated rings. The molecule has 8 heteroatoms. The summed E-state index contributed by atoms with van der Waals surface area (Å²) in [6, 6.07) is 13.2. The minimum absolute atomic E-state index is 0.319. The summed E-state index contributed by atoms with van der Waals surface area (Å²) in [6.45, 7) is 4.07. The number of halogens is 2. The number of aryl methyl sites for hydroxylation is 2. The third kappa shape index (κ3) is 4.48. The number of hydrogen-bond acceptors (Lipinski definition) is 6. The summed E-state index contributed by atoms with van der Waals surface area (Å²) in [7, 11) is 1.35. The Kier molecular flexibility index (Phi) is 6.59. The fourth-order valence-electron chi connectivity index (χ4n) is 2.73. The van der Waals surface area contributed by atoms with Crippen LogP contribution < -0.4 is 4.72 Å². The van der Waals surface area contributed by atoms with Gasteiger partial charge in [0.2, 0.25) is 5.95 Å². The second-order valence-electron chi connectivity index (χ2n) is 5.99. The second kappa shape index (κ2) is 8.94. The van der Waals surface area contributed by atoms with Gasteiger partial charge in [0.1, 0.15) is 5.15 Å².